The number of unbranched alkanes of at least 4 members (excludes halogenated alkanes) is 1. The molecule has 2 aromatic carbocycles. The molecule has 2 aromatic rings. The standard InChI is InChI=1S/C25H32N2O4.ClH/c1-26(23(24(28)29)15-9-10-16-27(2,3)4)25(30)31-17-22-20-13-7-5-11-18(20)19-12-6-8-14-21(19)22;/h5-8,11-14,22-23H,9-10,15-17H2,1-4H3;1H/t23-;/m0./s1. The van der Waals surface area contributed by atoms with Gasteiger partial charge in [-0.1, -0.05) is 48.5 Å². The number of benzene rings is 2. The maximum absolute atomic E-state index is 12.7. The Balaban J connectivity index is 0.00000363. The Kier molecular flexibility index (Phi) is 8.70. The van der Waals surface area contributed by atoms with E-state index in [1.807, 2.05) is 24.3 Å². The van der Waals surface area contributed by atoms with Crippen LogP contribution in [0.2, 0.25) is 0 Å². The zero-order chi connectivity index (χ0) is 22.6. The number of rotatable bonds is 9. The van der Waals surface area contributed by atoms with Gasteiger partial charge < -0.3 is 26.7 Å². The summed E-state index contributed by atoms with van der Waals surface area (Å²) in [5.74, 6) is -1.04. The predicted molar refractivity (Wildman–Crippen MR) is 121 cm³/mol. The first-order chi connectivity index (χ1) is 14.7. The van der Waals surface area contributed by atoms with Gasteiger partial charge in [0.1, 0.15) is 12.6 Å². The molecule has 3 rings (SSSR count). The average molecular weight is 461 g/mol. The van der Waals surface area contributed by atoms with E-state index in [1.54, 1.807) is 0 Å². The first-order valence-electron chi connectivity index (χ1n) is 10.8. The van der Waals surface area contributed by atoms with Crippen LogP contribution in [0.25, 0.3) is 11.1 Å². The number of likely N-dealkylation sites (N-methyl/N-ethyl adjacent to an activating group) is 1. The predicted octanol–water partition coefficient (Wildman–Crippen LogP) is 1.20. The van der Waals surface area contributed by atoms with Gasteiger partial charge in [0, 0.05) is 13.0 Å². The van der Waals surface area contributed by atoms with Crippen molar-refractivity contribution in [1.82, 2.24) is 4.90 Å². The van der Waals surface area contributed by atoms with Crippen LogP contribution in [0.15, 0.2) is 48.5 Å². The third-order valence-electron chi connectivity index (χ3n) is 5.93. The Morgan fingerprint density at radius 1 is 1.00 bits per heavy atom. The van der Waals surface area contributed by atoms with Gasteiger partial charge in [-0.15, -0.1) is 0 Å². The van der Waals surface area contributed by atoms with Gasteiger partial charge in [0.2, 0.25) is 0 Å². The Morgan fingerprint density at radius 2 is 1.53 bits per heavy atom. The van der Waals surface area contributed by atoms with Crippen LogP contribution in [0.3, 0.4) is 0 Å². The van der Waals surface area contributed by atoms with Gasteiger partial charge in [-0.2, -0.15) is 0 Å². The second-order valence-electron chi connectivity index (χ2n) is 9.28. The fraction of sp³-hybridized carbons (Fsp3) is 0.440. The molecular weight excluding hydrogens is 428 g/mol. The number of amides is 1. The van der Waals surface area contributed by atoms with Crippen molar-refractivity contribution in [2.45, 2.75) is 31.2 Å². The van der Waals surface area contributed by atoms with Crippen molar-refractivity contribution in [2.75, 3.05) is 41.3 Å². The second kappa shape index (κ2) is 10.8. The number of halogens is 1. The molecule has 7 heteroatoms. The fourth-order valence-electron chi connectivity index (χ4n) is 4.23. The smallest absolute Gasteiger partial charge is 0.410 e. The van der Waals surface area contributed by atoms with E-state index in [-0.39, 0.29) is 24.9 Å². The Bertz CT molecular complexity index is 896. The van der Waals surface area contributed by atoms with Gasteiger partial charge in [0.25, 0.3) is 0 Å². The number of hydrogen-bond donors (Lipinski definition) is 1. The number of hydrogen-bond acceptors (Lipinski definition) is 3. The highest BCUT2D eigenvalue weighted by atomic mass is 35.5. The minimum atomic E-state index is -0.999. The van der Waals surface area contributed by atoms with Crippen molar-refractivity contribution < 1.29 is 36.3 Å². The number of carboxylic acid groups (broad SMARTS) is 1. The van der Waals surface area contributed by atoms with E-state index in [0.29, 0.717) is 6.42 Å². The van der Waals surface area contributed by atoms with Crippen LogP contribution in [0.1, 0.15) is 36.3 Å². The lowest BCUT2D eigenvalue weighted by Crippen LogP contribution is -3.00. The lowest BCUT2D eigenvalue weighted by Gasteiger charge is -2.26. The highest BCUT2D eigenvalue weighted by molar-refractivity contribution is 5.81. The van der Waals surface area contributed by atoms with E-state index < -0.39 is 18.1 Å². The fourth-order valence-corrected chi connectivity index (χ4v) is 4.23. The molecule has 0 saturated heterocycles. The van der Waals surface area contributed by atoms with Crippen LogP contribution < -0.4 is 12.4 Å². The summed E-state index contributed by atoms with van der Waals surface area (Å²) in [5, 5.41) is 9.64. The first-order valence-corrected chi connectivity index (χ1v) is 10.8. The molecule has 0 unspecified atom stereocenters. The molecule has 0 fully saturated rings. The van der Waals surface area contributed by atoms with E-state index in [0.717, 1.165) is 46.1 Å². The molecule has 1 aliphatic rings. The normalized spacial score (nSPS) is 13.5. The Morgan fingerprint density at radius 3 is 2.03 bits per heavy atom. The first kappa shape index (κ1) is 25.7. The van der Waals surface area contributed by atoms with E-state index in [1.165, 1.54) is 11.9 Å². The minimum Gasteiger partial charge on any atom is -1.00 e. The number of fused-ring (bicyclic) bond motifs is 3. The number of carbonyl (C=O) groups is 2. The van der Waals surface area contributed by atoms with Crippen molar-refractivity contribution >= 4 is 12.1 Å². The number of carboxylic acids is 1. The summed E-state index contributed by atoms with van der Waals surface area (Å²) in [6, 6.07) is 15.4. The average Bonchev–Trinajstić information content (AvgIpc) is 3.04. The van der Waals surface area contributed by atoms with Crippen LogP contribution in [-0.4, -0.2) is 73.9 Å². The summed E-state index contributed by atoms with van der Waals surface area (Å²) in [4.78, 5) is 25.7. The van der Waals surface area contributed by atoms with Crippen molar-refractivity contribution in [3.8, 4) is 11.1 Å². The summed E-state index contributed by atoms with van der Waals surface area (Å²) < 4.78 is 6.45. The molecule has 0 saturated carbocycles. The lowest BCUT2D eigenvalue weighted by molar-refractivity contribution is -0.870. The lowest BCUT2D eigenvalue weighted by atomic mass is 9.98. The molecule has 174 valence electrons. The molecule has 1 N–H and O–H groups in total. The molecule has 0 bridgehead atoms. The van der Waals surface area contributed by atoms with E-state index in [2.05, 4.69) is 45.4 Å². The molecule has 0 aliphatic heterocycles. The van der Waals surface area contributed by atoms with Gasteiger partial charge in [-0.25, -0.2) is 9.59 Å². The third-order valence-corrected chi connectivity index (χ3v) is 5.93. The maximum atomic E-state index is 12.7. The van der Waals surface area contributed by atoms with Gasteiger partial charge in [0.15, 0.2) is 0 Å². The maximum Gasteiger partial charge on any atom is 0.410 e. The largest absolute Gasteiger partial charge is 1.00 e. The van der Waals surface area contributed by atoms with E-state index in [9.17, 15) is 14.7 Å². The Hall–Kier alpha value is -2.57. The van der Waals surface area contributed by atoms with Gasteiger partial charge in [0.05, 0.1) is 27.7 Å². The molecule has 32 heavy (non-hydrogen) atoms. The highest BCUT2D eigenvalue weighted by Crippen LogP contribution is 2.44. The van der Waals surface area contributed by atoms with Crippen molar-refractivity contribution in [3.05, 3.63) is 59.7 Å². The quantitative estimate of drug-likeness (QED) is 0.451. The second-order valence-corrected chi connectivity index (χ2v) is 9.28. The monoisotopic (exact) mass is 460 g/mol. The summed E-state index contributed by atoms with van der Waals surface area (Å²) >= 11 is 0. The number of carbonyl (C=O) groups excluding carboxylic acids is 1. The summed E-state index contributed by atoms with van der Waals surface area (Å²) in [6.07, 6.45) is 1.47. The number of aliphatic carboxylic acids is 1. The van der Waals surface area contributed by atoms with Gasteiger partial charge in [-0.05, 0) is 41.5 Å². The third kappa shape index (κ3) is 6.02. The molecule has 1 amide bonds. The van der Waals surface area contributed by atoms with Crippen molar-refractivity contribution in [1.29, 1.82) is 0 Å². The number of nitrogens with zero attached hydrogens (tertiary/aromatic N) is 2. The molecule has 0 aromatic heterocycles. The molecule has 1 aliphatic carbocycles. The van der Waals surface area contributed by atoms with Crippen molar-refractivity contribution in [2.24, 2.45) is 0 Å². The molecule has 1 atom stereocenters. The summed E-state index contributed by atoms with van der Waals surface area (Å²) in [5.41, 5.74) is 4.59. The van der Waals surface area contributed by atoms with Crippen LogP contribution in [0, 0.1) is 0 Å². The highest BCUT2D eigenvalue weighted by Gasteiger charge is 2.31. The molecular formula is C25H33ClN2O4. The van der Waals surface area contributed by atoms with E-state index >= 15 is 0 Å². The van der Waals surface area contributed by atoms with Crippen LogP contribution in [0.4, 0.5) is 4.79 Å². The summed E-state index contributed by atoms with van der Waals surface area (Å²) in [7, 11) is 7.84. The zero-order valence-corrected chi connectivity index (χ0v) is 20.0. The van der Waals surface area contributed by atoms with Gasteiger partial charge in [-0.3, -0.25) is 4.90 Å². The molecule has 0 radical (unpaired) electrons. The van der Waals surface area contributed by atoms with Crippen LogP contribution in [-0.2, 0) is 9.53 Å². The van der Waals surface area contributed by atoms with Crippen LogP contribution in [0.5, 0.6) is 0 Å². The Labute approximate surface area is 196 Å². The van der Waals surface area contributed by atoms with Crippen LogP contribution >= 0.6 is 0 Å². The van der Waals surface area contributed by atoms with Gasteiger partial charge >= 0.3 is 12.1 Å². The van der Waals surface area contributed by atoms with Crippen molar-refractivity contribution in [3.63, 3.8) is 0 Å². The topological polar surface area (TPSA) is 66.8 Å². The molecule has 6 nitrogen and oxygen atoms in total. The molecule has 0 heterocycles. The SMILES string of the molecule is CN(C(=O)OCC1c2ccccc2-c2ccccc21)[C@@H](CCCC[N+](C)(C)C)C(=O)O.[Cl-]. The minimum absolute atomic E-state index is 0. The number of quaternary nitrogens is 1. The summed E-state index contributed by atoms with van der Waals surface area (Å²) in [6.45, 7) is 1.14. The zero-order valence-electron chi connectivity index (χ0n) is 19.3. The molecule has 0 spiro atoms. The van der Waals surface area contributed by atoms with E-state index in [4.69, 9.17) is 4.74 Å². The number of ether oxygens (including phenoxy) is 1.